The van der Waals surface area contributed by atoms with Crippen molar-refractivity contribution in [3.63, 3.8) is 0 Å². The molecule has 0 spiro atoms. The molecule has 0 heterocycles. The second-order valence-corrected chi connectivity index (χ2v) is 6.16. The minimum Gasteiger partial charge on any atom is -0.0917 e. The highest BCUT2D eigenvalue weighted by atomic mass is 14.0. The van der Waals surface area contributed by atoms with Gasteiger partial charge in [0.25, 0.3) is 0 Å². The zero-order chi connectivity index (χ0) is 14.7. The molecule has 0 unspecified atom stereocenters. The Hall–Kier alpha value is -0.260. The molecular formula is C20H39. The highest BCUT2D eigenvalue weighted by Crippen LogP contribution is 2.13. The molecule has 0 saturated carbocycles. The van der Waals surface area contributed by atoms with Crippen LogP contribution >= 0.6 is 0 Å². The first-order valence-corrected chi connectivity index (χ1v) is 9.32. The van der Waals surface area contributed by atoms with Gasteiger partial charge in [0, 0.05) is 0 Å². The molecule has 119 valence electrons. The van der Waals surface area contributed by atoms with Crippen molar-refractivity contribution in [2.45, 2.75) is 110 Å². The van der Waals surface area contributed by atoms with Crippen LogP contribution in [0.2, 0.25) is 0 Å². The summed E-state index contributed by atoms with van der Waals surface area (Å²) >= 11 is 0. The minimum atomic E-state index is 1.12. The van der Waals surface area contributed by atoms with E-state index in [0.717, 1.165) is 6.42 Å². The van der Waals surface area contributed by atoms with E-state index in [1.807, 2.05) is 0 Å². The van der Waals surface area contributed by atoms with E-state index in [-0.39, 0.29) is 0 Å². The summed E-state index contributed by atoms with van der Waals surface area (Å²) in [5.74, 6) is 0. The van der Waals surface area contributed by atoms with Gasteiger partial charge in [-0.15, -0.1) is 0 Å². The largest absolute Gasteiger partial charge is 0.0917 e. The molecule has 0 aliphatic carbocycles. The Morgan fingerprint density at radius 1 is 0.550 bits per heavy atom. The van der Waals surface area contributed by atoms with Crippen molar-refractivity contribution in [2.24, 2.45) is 0 Å². The van der Waals surface area contributed by atoms with E-state index in [1.165, 1.54) is 96.3 Å². The van der Waals surface area contributed by atoms with Crippen molar-refractivity contribution in [1.82, 2.24) is 0 Å². The molecule has 0 aliphatic heterocycles. The van der Waals surface area contributed by atoms with Gasteiger partial charge < -0.3 is 0 Å². The monoisotopic (exact) mass is 279 g/mol. The smallest absolute Gasteiger partial charge is 0.0351 e. The highest BCUT2D eigenvalue weighted by Gasteiger charge is 1.93. The molecule has 0 atom stereocenters. The summed E-state index contributed by atoms with van der Waals surface area (Å²) in [4.78, 5) is 0. The van der Waals surface area contributed by atoms with Crippen molar-refractivity contribution in [1.29, 1.82) is 0 Å². The van der Waals surface area contributed by atoms with Gasteiger partial charge >= 0.3 is 0 Å². The maximum absolute atomic E-state index is 3.89. The van der Waals surface area contributed by atoms with Crippen LogP contribution in [0.5, 0.6) is 0 Å². The van der Waals surface area contributed by atoms with Crippen LogP contribution in [0, 0.1) is 6.92 Å². The van der Waals surface area contributed by atoms with E-state index in [0.29, 0.717) is 0 Å². The third kappa shape index (κ3) is 17.7. The predicted octanol–water partition coefficient (Wildman–Crippen LogP) is 7.64. The first-order chi connectivity index (χ1) is 9.91. The lowest BCUT2D eigenvalue weighted by Gasteiger charge is -2.03. The Labute approximate surface area is 129 Å². The van der Waals surface area contributed by atoms with E-state index < -0.39 is 0 Å². The Kier molecular flexibility index (Phi) is 18.5. The Balaban J connectivity index is 2.92. The van der Waals surface area contributed by atoms with Crippen LogP contribution < -0.4 is 0 Å². The summed E-state index contributed by atoms with van der Waals surface area (Å²) in [6.07, 6.45) is 27.0. The lowest BCUT2D eigenvalue weighted by molar-refractivity contribution is 0.534. The second kappa shape index (κ2) is 18.7. The normalized spacial score (nSPS) is 11.5. The fourth-order valence-corrected chi connectivity index (χ4v) is 2.73. The van der Waals surface area contributed by atoms with Crippen molar-refractivity contribution in [3.05, 3.63) is 19.1 Å². The molecule has 0 rings (SSSR count). The maximum Gasteiger partial charge on any atom is -0.0351 e. The fraction of sp³-hybridized carbons (Fsp3) is 0.850. The van der Waals surface area contributed by atoms with Crippen molar-refractivity contribution in [2.75, 3.05) is 0 Å². The molecule has 0 saturated heterocycles. The van der Waals surface area contributed by atoms with E-state index in [2.05, 4.69) is 26.0 Å². The summed E-state index contributed by atoms with van der Waals surface area (Å²) in [6.45, 7) is 6.00. The molecule has 0 bridgehead atoms. The van der Waals surface area contributed by atoms with Gasteiger partial charge in [0.05, 0.1) is 0 Å². The summed E-state index contributed by atoms with van der Waals surface area (Å²) in [7, 11) is 0. The summed E-state index contributed by atoms with van der Waals surface area (Å²) < 4.78 is 0. The molecule has 0 aliphatic rings. The third-order valence-electron chi connectivity index (χ3n) is 4.11. The van der Waals surface area contributed by atoms with Crippen molar-refractivity contribution < 1.29 is 0 Å². The van der Waals surface area contributed by atoms with Gasteiger partial charge in [-0.25, -0.2) is 0 Å². The van der Waals surface area contributed by atoms with E-state index in [9.17, 15) is 0 Å². The first kappa shape index (κ1) is 19.7. The number of unbranched alkanes of at least 4 members (excludes halogenated alkanes) is 15. The van der Waals surface area contributed by atoms with E-state index in [1.54, 1.807) is 0 Å². The zero-order valence-corrected chi connectivity index (χ0v) is 14.2. The van der Waals surface area contributed by atoms with Crippen molar-refractivity contribution >= 4 is 0 Å². The molecule has 0 fully saturated rings. The number of rotatable bonds is 16. The van der Waals surface area contributed by atoms with Gasteiger partial charge in [-0.3, -0.25) is 0 Å². The molecule has 0 nitrogen and oxygen atoms in total. The lowest BCUT2D eigenvalue weighted by atomic mass is 10.0. The number of hydrogen-bond acceptors (Lipinski definition) is 0. The summed E-state index contributed by atoms with van der Waals surface area (Å²) in [5.41, 5.74) is 0. The maximum atomic E-state index is 3.89. The predicted molar refractivity (Wildman–Crippen MR) is 94.0 cm³/mol. The number of hydrogen-bond donors (Lipinski definition) is 0. The Morgan fingerprint density at radius 2 is 0.900 bits per heavy atom. The number of allylic oxidation sites excluding steroid dienone is 2. The summed E-state index contributed by atoms with van der Waals surface area (Å²) in [6, 6.07) is 0. The molecule has 20 heavy (non-hydrogen) atoms. The molecule has 0 aromatic carbocycles. The molecule has 0 aromatic rings. The van der Waals surface area contributed by atoms with Crippen LogP contribution in [0.4, 0.5) is 0 Å². The molecule has 1 radical (unpaired) electrons. The second-order valence-electron chi connectivity index (χ2n) is 6.16. The lowest BCUT2D eigenvalue weighted by Crippen LogP contribution is -1.83. The van der Waals surface area contributed by atoms with Crippen LogP contribution in [-0.4, -0.2) is 0 Å². The van der Waals surface area contributed by atoms with Gasteiger partial charge in [-0.05, 0) is 19.8 Å². The van der Waals surface area contributed by atoms with Crippen LogP contribution in [0.15, 0.2) is 12.2 Å². The fourth-order valence-electron chi connectivity index (χ4n) is 2.73. The average Bonchev–Trinajstić information content (AvgIpc) is 2.47. The highest BCUT2D eigenvalue weighted by molar-refractivity contribution is 4.76. The summed E-state index contributed by atoms with van der Waals surface area (Å²) in [5, 5.41) is 0. The van der Waals surface area contributed by atoms with Gasteiger partial charge in [-0.2, -0.15) is 0 Å². The standard InChI is InChI=1S/C20H39/c1-3-5-7-9-11-13-15-17-19-20-18-16-14-12-10-8-6-4-2/h4,6H,1,3,5,7-20H2,2H3/b6-4+. The molecule has 0 amide bonds. The first-order valence-electron chi connectivity index (χ1n) is 9.32. The zero-order valence-electron chi connectivity index (χ0n) is 14.2. The quantitative estimate of drug-likeness (QED) is 0.201. The van der Waals surface area contributed by atoms with Gasteiger partial charge in [0.15, 0.2) is 0 Å². The van der Waals surface area contributed by atoms with Crippen molar-refractivity contribution in [3.8, 4) is 0 Å². The van der Waals surface area contributed by atoms with Gasteiger partial charge in [0.1, 0.15) is 0 Å². The van der Waals surface area contributed by atoms with Gasteiger partial charge in [-0.1, -0.05) is 109 Å². The molecule has 0 aromatic heterocycles. The topological polar surface area (TPSA) is 0 Å². The van der Waals surface area contributed by atoms with Gasteiger partial charge in [0.2, 0.25) is 0 Å². The van der Waals surface area contributed by atoms with Crippen LogP contribution in [0.3, 0.4) is 0 Å². The van der Waals surface area contributed by atoms with Crippen LogP contribution in [-0.2, 0) is 0 Å². The minimum absolute atomic E-state index is 1.12. The third-order valence-corrected chi connectivity index (χ3v) is 4.11. The SMILES string of the molecule is [CH2]CCCCCCCCCCCCCCCC/C=C/C. The molecule has 0 N–H and O–H groups in total. The van der Waals surface area contributed by atoms with E-state index >= 15 is 0 Å². The Morgan fingerprint density at radius 3 is 1.25 bits per heavy atom. The Bertz CT molecular complexity index is 180. The van der Waals surface area contributed by atoms with E-state index in [4.69, 9.17) is 0 Å². The molecule has 0 heteroatoms. The molecular weight excluding hydrogens is 240 g/mol. The van der Waals surface area contributed by atoms with Crippen LogP contribution in [0.25, 0.3) is 0 Å². The van der Waals surface area contributed by atoms with Crippen LogP contribution in [0.1, 0.15) is 110 Å². The average molecular weight is 280 g/mol.